The summed E-state index contributed by atoms with van der Waals surface area (Å²) in [5.41, 5.74) is -0.339. The normalized spacial score (nSPS) is 10.7. The van der Waals surface area contributed by atoms with E-state index in [1.165, 1.54) is 12.1 Å². The van der Waals surface area contributed by atoms with Crippen LogP contribution >= 0.6 is 23.2 Å². The zero-order valence-corrected chi connectivity index (χ0v) is 11.2. The molecule has 0 radical (unpaired) electrons. The van der Waals surface area contributed by atoms with E-state index >= 15 is 0 Å². The highest BCUT2D eigenvalue weighted by molar-refractivity contribution is 6.39. The summed E-state index contributed by atoms with van der Waals surface area (Å²) in [4.78, 5) is 24.8. The van der Waals surface area contributed by atoms with Crippen molar-refractivity contribution in [2.75, 3.05) is 6.61 Å². The molecular formula is C11H8Cl2N2O4. The number of nitrogens with zero attached hydrogens (tertiary/aromatic N) is 1. The number of carbonyl (C=O) groups is 1. The molecule has 0 bridgehead atoms. The number of nitrogens with one attached hydrogen (secondary N) is 1. The summed E-state index contributed by atoms with van der Waals surface area (Å²) < 4.78 is 4.77. The largest absolute Gasteiger partial charge is 0.461 e. The number of ether oxygens (including phenoxy) is 1. The molecule has 2 rings (SSSR count). The van der Waals surface area contributed by atoms with Crippen molar-refractivity contribution >= 4 is 45.8 Å². The SMILES string of the molecule is CCOC(=O)c1[nH]c2cc(Cl)cc(Cl)c2c1[N+](=O)[O-]. The van der Waals surface area contributed by atoms with Crippen molar-refractivity contribution in [1.82, 2.24) is 4.98 Å². The first-order chi connectivity index (χ1) is 8.95. The van der Waals surface area contributed by atoms with Crippen molar-refractivity contribution in [3.05, 3.63) is 38.0 Å². The molecule has 8 heteroatoms. The standard InChI is InChI=1S/C11H8Cl2N2O4/c1-2-19-11(16)9-10(15(17)18)8-6(13)3-5(12)4-7(8)14-9/h3-4,14H,2H2,1H3. The molecule has 0 aliphatic carbocycles. The second-order valence-corrected chi connectivity index (χ2v) is 4.48. The van der Waals surface area contributed by atoms with Crippen molar-refractivity contribution in [3.63, 3.8) is 0 Å². The van der Waals surface area contributed by atoms with Crippen LogP contribution in [0.5, 0.6) is 0 Å². The molecule has 0 aliphatic heterocycles. The molecular weight excluding hydrogens is 295 g/mol. The predicted octanol–water partition coefficient (Wildman–Crippen LogP) is 3.56. The Kier molecular flexibility index (Phi) is 3.64. The molecule has 2 aromatic rings. The minimum Gasteiger partial charge on any atom is -0.461 e. The van der Waals surface area contributed by atoms with E-state index in [9.17, 15) is 14.9 Å². The highest BCUT2D eigenvalue weighted by Gasteiger charge is 2.29. The van der Waals surface area contributed by atoms with Gasteiger partial charge in [-0.3, -0.25) is 10.1 Å². The van der Waals surface area contributed by atoms with E-state index in [2.05, 4.69) is 4.98 Å². The van der Waals surface area contributed by atoms with Crippen LogP contribution in [0.2, 0.25) is 10.0 Å². The summed E-state index contributed by atoms with van der Waals surface area (Å²) in [5.74, 6) is -0.808. The summed E-state index contributed by atoms with van der Waals surface area (Å²) >= 11 is 11.8. The summed E-state index contributed by atoms with van der Waals surface area (Å²) in [6, 6.07) is 2.83. The van der Waals surface area contributed by atoms with Gasteiger partial charge in [-0.15, -0.1) is 0 Å². The number of benzene rings is 1. The van der Waals surface area contributed by atoms with Gasteiger partial charge < -0.3 is 9.72 Å². The number of esters is 1. The number of H-pyrrole nitrogens is 1. The predicted molar refractivity (Wildman–Crippen MR) is 70.9 cm³/mol. The Morgan fingerprint density at radius 3 is 2.74 bits per heavy atom. The summed E-state index contributed by atoms with van der Waals surface area (Å²) in [6.07, 6.45) is 0. The fourth-order valence-corrected chi connectivity index (χ4v) is 2.35. The Morgan fingerprint density at radius 2 is 2.16 bits per heavy atom. The third kappa shape index (κ3) is 2.36. The topological polar surface area (TPSA) is 85.2 Å². The van der Waals surface area contributed by atoms with Gasteiger partial charge in [-0.25, -0.2) is 4.79 Å². The van der Waals surface area contributed by atoms with Gasteiger partial charge in [-0.2, -0.15) is 0 Å². The van der Waals surface area contributed by atoms with Crippen LogP contribution in [0.4, 0.5) is 5.69 Å². The lowest BCUT2D eigenvalue weighted by atomic mass is 10.2. The number of aromatic amines is 1. The monoisotopic (exact) mass is 302 g/mol. The molecule has 0 amide bonds. The van der Waals surface area contributed by atoms with Gasteiger partial charge in [0, 0.05) is 5.02 Å². The number of fused-ring (bicyclic) bond motifs is 1. The second-order valence-electron chi connectivity index (χ2n) is 3.64. The molecule has 0 spiro atoms. The van der Waals surface area contributed by atoms with E-state index in [1.54, 1.807) is 6.92 Å². The maximum absolute atomic E-state index is 11.7. The third-order valence-corrected chi connectivity index (χ3v) is 2.97. The van der Waals surface area contributed by atoms with Gasteiger partial charge >= 0.3 is 11.7 Å². The maximum Gasteiger partial charge on any atom is 0.362 e. The number of hydrogen-bond acceptors (Lipinski definition) is 4. The van der Waals surface area contributed by atoms with E-state index in [4.69, 9.17) is 27.9 Å². The molecule has 0 fully saturated rings. The Labute approximate surface area is 117 Å². The molecule has 0 atom stereocenters. The fraction of sp³-hybridized carbons (Fsp3) is 0.182. The van der Waals surface area contributed by atoms with Crippen LogP contribution < -0.4 is 0 Å². The number of halogens is 2. The van der Waals surface area contributed by atoms with Crippen LogP contribution in [0, 0.1) is 10.1 Å². The highest BCUT2D eigenvalue weighted by atomic mass is 35.5. The van der Waals surface area contributed by atoms with Gasteiger partial charge in [0.15, 0.2) is 0 Å². The Hall–Kier alpha value is -1.79. The average molecular weight is 303 g/mol. The molecule has 0 saturated heterocycles. The van der Waals surface area contributed by atoms with E-state index in [0.29, 0.717) is 10.5 Å². The molecule has 100 valence electrons. The van der Waals surface area contributed by atoms with Crippen LogP contribution in [0.3, 0.4) is 0 Å². The maximum atomic E-state index is 11.7. The zero-order chi connectivity index (χ0) is 14.2. The summed E-state index contributed by atoms with van der Waals surface area (Å²) in [5, 5.41) is 11.7. The van der Waals surface area contributed by atoms with Gasteiger partial charge in [0.1, 0.15) is 0 Å². The lowest BCUT2D eigenvalue weighted by molar-refractivity contribution is -0.383. The first-order valence-electron chi connectivity index (χ1n) is 5.28. The molecule has 1 aromatic carbocycles. The number of nitro groups is 1. The van der Waals surface area contributed by atoms with E-state index in [-0.39, 0.29) is 22.7 Å². The van der Waals surface area contributed by atoms with Crippen LogP contribution in [-0.2, 0) is 4.74 Å². The molecule has 0 aliphatic rings. The number of rotatable bonds is 3. The van der Waals surface area contributed by atoms with Gasteiger partial charge in [0.2, 0.25) is 5.69 Å². The Balaban J connectivity index is 2.78. The van der Waals surface area contributed by atoms with Gasteiger partial charge in [0.25, 0.3) is 0 Å². The molecule has 0 unspecified atom stereocenters. The second kappa shape index (κ2) is 5.07. The Bertz CT molecular complexity index is 681. The number of carbonyl (C=O) groups excluding carboxylic acids is 1. The quantitative estimate of drug-likeness (QED) is 0.533. The van der Waals surface area contributed by atoms with Gasteiger partial charge in [0.05, 0.1) is 27.5 Å². The first-order valence-corrected chi connectivity index (χ1v) is 6.03. The van der Waals surface area contributed by atoms with Crippen molar-refractivity contribution in [2.24, 2.45) is 0 Å². The average Bonchev–Trinajstić information content (AvgIpc) is 2.68. The molecule has 1 N–H and O–H groups in total. The lowest BCUT2D eigenvalue weighted by Gasteiger charge is -1.98. The van der Waals surface area contributed by atoms with Gasteiger partial charge in [-0.05, 0) is 19.1 Å². The highest BCUT2D eigenvalue weighted by Crippen LogP contribution is 2.37. The zero-order valence-electron chi connectivity index (χ0n) is 9.70. The Morgan fingerprint density at radius 1 is 1.47 bits per heavy atom. The summed E-state index contributed by atoms with van der Waals surface area (Å²) in [7, 11) is 0. The number of aromatic nitrogens is 1. The minimum absolute atomic E-state index is 0.0981. The molecule has 1 aromatic heterocycles. The molecule has 0 saturated carbocycles. The van der Waals surface area contributed by atoms with Crippen LogP contribution in [-0.4, -0.2) is 22.5 Å². The summed E-state index contributed by atoms with van der Waals surface area (Å²) in [6.45, 7) is 1.72. The minimum atomic E-state index is -0.808. The van der Waals surface area contributed by atoms with Crippen LogP contribution in [0.25, 0.3) is 10.9 Å². The van der Waals surface area contributed by atoms with Gasteiger partial charge in [-0.1, -0.05) is 23.2 Å². The van der Waals surface area contributed by atoms with Crippen molar-refractivity contribution in [3.8, 4) is 0 Å². The smallest absolute Gasteiger partial charge is 0.362 e. The van der Waals surface area contributed by atoms with E-state index in [0.717, 1.165) is 0 Å². The molecule has 1 heterocycles. The van der Waals surface area contributed by atoms with Crippen molar-refractivity contribution < 1.29 is 14.5 Å². The molecule has 19 heavy (non-hydrogen) atoms. The van der Waals surface area contributed by atoms with Crippen molar-refractivity contribution in [1.29, 1.82) is 0 Å². The van der Waals surface area contributed by atoms with Crippen LogP contribution in [0.15, 0.2) is 12.1 Å². The third-order valence-electron chi connectivity index (χ3n) is 2.45. The van der Waals surface area contributed by atoms with E-state index < -0.39 is 16.6 Å². The van der Waals surface area contributed by atoms with Crippen LogP contribution in [0.1, 0.15) is 17.4 Å². The van der Waals surface area contributed by atoms with Crippen molar-refractivity contribution in [2.45, 2.75) is 6.92 Å². The number of hydrogen-bond donors (Lipinski definition) is 1. The van der Waals surface area contributed by atoms with E-state index in [1.807, 2.05) is 0 Å². The molecule has 6 nitrogen and oxygen atoms in total. The fourth-order valence-electron chi connectivity index (χ4n) is 1.77. The lowest BCUT2D eigenvalue weighted by Crippen LogP contribution is -2.07. The first kappa shape index (κ1) is 13.6.